The molecule has 0 N–H and O–H groups in total. The number of hydrogen-bond acceptors (Lipinski definition) is 1. The summed E-state index contributed by atoms with van der Waals surface area (Å²) < 4.78 is 2.15. The van der Waals surface area contributed by atoms with E-state index >= 15 is 0 Å². The number of benzene rings is 4. The van der Waals surface area contributed by atoms with E-state index in [2.05, 4.69) is 184 Å². The Bertz CT molecular complexity index is 2030. The fourth-order valence-corrected chi connectivity index (χ4v) is 15.7. The van der Waals surface area contributed by atoms with Crippen molar-refractivity contribution >= 4 is 63.0 Å². The summed E-state index contributed by atoms with van der Waals surface area (Å²) in [4.78, 5) is 0. The van der Waals surface area contributed by atoms with Crippen molar-refractivity contribution in [2.24, 2.45) is 0 Å². The Labute approximate surface area is 370 Å². The van der Waals surface area contributed by atoms with Crippen molar-refractivity contribution in [2.75, 3.05) is 0 Å². The summed E-state index contributed by atoms with van der Waals surface area (Å²) in [5, 5.41) is 5.56. The topological polar surface area (TPSA) is 3.24 Å². The molecule has 0 amide bonds. The van der Waals surface area contributed by atoms with Gasteiger partial charge in [0.25, 0.3) is 0 Å². The van der Waals surface area contributed by atoms with Crippen LogP contribution in [0.1, 0.15) is 84.0 Å². The average Bonchev–Trinajstić information content (AvgIpc) is 3.78. The fraction of sp³-hybridized carbons (Fsp3) is 0.400. The van der Waals surface area contributed by atoms with Gasteiger partial charge in [0.1, 0.15) is 16.5 Å². The molecule has 0 spiro atoms. The van der Waals surface area contributed by atoms with E-state index in [0.717, 1.165) is 0 Å². The van der Waals surface area contributed by atoms with Crippen LogP contribution in [0.25, 0.3) is 43.8 Å². The number of hydrogen-bond donors (Lipinski definition) is 0. The second-order valence-electron chi connectivity index (χ2n) is 17.7. The number of halogens is 2. The van der Waals surface area contributed by atoms with Crippen LogP contribution in [0.15, 0.2) is 84.9 Å². The molecule has 0 atom stereocenters. The minimum absolute atomic E-state index is 0.826. The molecule has 0 saturated heterocycles. The van der Waals surface area contributed by atoms with Crippen molar-refractivity contribution in [3.8, 4) is 22.3 Å². The van der Waals surface area contributed by atoms with Crippen LogP contribution in [-0.4, -0.2) is 28.6 Å². The van der Waals surface area contributed by atoms with Crippen molar-refractivity contribution in [3.05, 3.63) is 129 Å². The Hall–Kier alpha value is -1.98. The van der Waals surface area contributed by atoms with Gasteiger partial charge in [0.05, 0.1) is 0 Å². The molecule has 57 heavy (non-hydrogen) atoms. The van der Waals surface area contributed by atoms with Crippen LogP contribution in [0.5, 0.6) is 0 Å². The third kappa shape index (κ3) is 13.5. The first-order chi connectivity index (χ1) is 26.8. The Morgan fingerprint density at radius 3 is 1.19 bits per heavy atom. The van der Waals surface area contributed by atoms with Crippen LogP contribution in [0, 0.1) is 41.5 Å². The van der Waals surface area contributed by atoms with E-state index in [-0.39, 0.29) is 0 Å². The van der Waals surface area contributed by atoms with Crippen molar-refractivity contribution < 1.29 is 20.8 Å². The van der Waals surface area contributed by atoms with Crippen molar-refractivity contribution in [1.29, 1.82) is 0 Å². The van der Waals surface area contributed by atoms with Crippen LogP contribution >= 0.6 is 17.0 Å². The molecule has 6 aromatic carbocycles. The maximum absolute atomic E-state index is 5.98. The van der Waals surface area contributed by atoms with Crippen LogP contribution in [-0.2, 0) is 33.7 Å². The molecule has 0 unspecified atom stereocenters. The molecule has 2 radical (unpaired) electrons. The molecule has 0 aliphatic heterocycles. The summed E-state index contributed by atoms with van der Waals surface area (Å²) in [6.07, 6.45) is 7.44. The van der Waals surface area contributed by atoms with Gasteiger partial charge in [-0.05, 0) is 98.9 Å². The molecule has 302 valence electrons. The third-order valence-corrected chi connectivity index (χ3v) is 18.3. The van der Waals surface area contributed by atoms with E-state index in [4.69, 9.17) is 25.0 Å². The van der Waals surface area contributed by atoms with E-state index in [1.807, 2.05) is 0 Å². The van der Waals surface area contributed by atoms with E-state index < -0.39 is 37.3 Å². The maximum atomic E-state index is 5.98. The van der Waals surface area contributed by atoms with Crippen LogP contribution < -0.4 is 0 Å². The number of nitrogens with zero attached hydrogens (tertiary/aromatic N) is 1. The molecule has 1 nitrogen and oxygen atoms in total. The Balaban J connectivity index is 0.000000236. The van der Waals surface area contributed by atoms with Crippen LogP contribution in [0.2, 0.25) is 39.3 Å². The van der Waals surface area contributed by atoms with Crippen molar-refractivity contribution in [2.45, 2.75) is 133 Å². The van der Waals surface area contributed by atoms with Gasteiger partial charge in [-0.1, -0.05) is 126 Å². The van der Waals surface area contributed by atoms with Gasteiger partial charge in [-0.2, -0.15) is 12.1 Å². The number of rotatable bonds is 10. The average molecular weight is 912 g/mol. The number of fused-ring (bicyclic) bond motifs is 2. The van der Waals surface area contributed by atoms with E-state index in [1.54, 1.807) is 0 Å². The van der Waals surface area contributed by atoms with Crippen molar-refractivity contribution in [1.82, 2.24) is 4.14 Å². The molecule has 7 heteroatoms. The zero-order chi connectivity index (χ0) is 42.7. The first-order valence-corrected chi connectivity index (χ1v) is 34.0. The second kappa shape index (κ2) is 22.6. The molecule has 0 heterocycles. The van der Waals surface area contributed by atoms with Gasteiger partial charge in [-0.15, -0.1) is 69.1 Å². The van der Waals surface area contributed by atoms with E-state index in [0.29, 0.717) is 0 Å². The summed E-state index contributed by atoms with van der Waals surface area (Å²) in [5.41, 5.74) is 16.8. The summed E-state index contributed by atoms with van der Waals surface area (Å²) >= 11 is -0.826. The quantitative estimate of drug-likeness (QED) is 0.0978. The van der Waals surface area contributed by atoms with Gasteiger partial charge in [0, 0.05) is 0 Å². The number of aryl methyl sites for hydroxylation is 4. The molecule has 0 aliphatic carbocycles. The predicted molar refractivity (Wildman–Crippen MR) is 262 cm³/mol. The fourth-order valence-electron chi connectivity index (χ4n) is 7.62. The van der Waals surface area contributed by atoms with Gasteiger partial charge in [0.15, 0.2) is 7.98 Å². The summed E-state index contributed by atoms with van der Waals surface area (Å²) in [6.45, 7) is 31.5. The summed E-state index contributed by atoms with van der Waals surface area (Å²) in [5.74, 6) is 0. The zero-order valence-corrected chi connectivity index (χ0v) is 43.6. The zero-order valence-electron chi connectivity index (χ0n) is 37.6. The van der Waals surface area contributed by atoms with Gasteiger partial charge in [-0.25, -0.2) is 0 Å². The normalized spacial score (nSPS) is 11.4. The van der Waals surface area contributed by atoms with E-state index in [1.165, 1.54) is 127 Å². The standard InChI is InChI=1S/2C22H25.C6H18BNSi2.2ClH.Zr/c2*1-5-6-8-18-13-19-9-7-10-21(22(19)14-18)20-12-11-15(2)16(3)17(20)4;1-9(2,3)8(7)10(4,5)6;;;/h2*7,9-14H,5-6,8H2,1-4H3;1-6H3;2*1H;/q2*-1;;;;+4/p-2. The van der Waals surface area contributed by atoms with Gasteiger partial charge in [-0.3, -0.25) is 0 Å². The first kappa shape index (κ1) is 49.4. The van der Waals surface area contributed by atoms with E-state index in [9.17, 15) is 0 Å². The number of unbranched alkanes of at least 4 members (excludes halogenated alkanes) is 2. The molecular weight excluding hydrogens is 844 g/mol. The molecule has 0 bridgehead atoms. The van der Waals surface area contributed by atoms with Gasteiger partial charge < -0.3 is 4.14 Å². The molecule has 6 aromatic rings. The van der Waals surface area contributed by atoms with Crippen LogP contribution in [0.4, 0.5) is 0 Å². The predicted octanol–water partition coefficient (Wildman–Crippen LogP) is 16.4. The first-order valence-electron chi connectivity index (χ1n) is 20.8. The molecule has 0 saturated carbocycles. The molecule has 0 fully saturated rings. The molecule has 6 rings (SSSR count). The SMILES string of the molecule is CCCCc1cc2c(-c3ccc(C)c(C)c3C)cccc2[cH-]1.CCCCc1cc2c(-c3ccc(C)c(C)c3C)cccc2[cH-]1.[B]N([Si](C)(C)C)[Si](C)(C)C.[Cl][Zr+2][Cl]. The second-order valence-corrected chi connectivity index (χ2v) is 31.5. The van der Waals surface area contributed by atoms with Gasteiger partial charge >= 0.3 is 37.9 Å². The molecular formula is C50H68BCl2NSi2Zr. The third-order valence-electron chi connectivity index (χ3n) is 11.4. The Morgan fingerprint density at radius 2 is 0.895 bits per heavy atom. The Morgan fingerprint density at radius 1 is 0.544 bits per heavy atom. The summed E-state index contributed by atoms with van der Waals surface area (Å²) in [7, 11) is 13.4. The Kier molecular flexibility index (Phi) is 19.6. The monoisotopic (exact) mass is 909 g/mol. The van der Waals surface area contributed by atoms with Crippen molar-refractivity contribution in [3.63, 3.8) is 0 Å². The summed E-state index contributed by atoms with van der Waals surface area (Å²) in [6, 6.07) is 32.0. The van der Waals surface area contributed by atoms with Crippen LogP contribution in [0.3, 0.4) is 0 Å². The molecule has 0 aliphatic rings. The van der Waals surface area contributed by atoms with Gasteiger partial charge in [0.2, 0.25) is 0 Å². The molecule has 0 aromatic heterocycles. The minimum atomic E-state index is -1.22.